The molecule has 0 saturated carbocycles. The van der Waals surface area contributed by atoms with Crippen molar-refractivity contribution in [2.24, 2.45) is 5.73 Å². The first-order valence-electron chi connectivity index (χ1n) is 6.09. The fourth-order valence-corrected chi connectivity index (χ4v) is 2.80. The number of hydrogen-bond donors (Lipinski definition) is 2. The standard InChI is InChI=1S/C11H22N4O/c1-14-6-2-11(3-7-14,10(12)16)15-8-4-13-5-9-15/h13H,2-9H2,1H3,(H2,12,16). The molecule has 5 heteroatoms. The van der Waals surface area contributed by atoms with Gasteiger partial charge in [-0.2, -0.15) is 0 Å². The number of piperidine rings is 1. The first-order chi connectivity index (χ1) is 7.65. The first-order valence-corrected chi connectivity index (χ1v) is 6.09. The van der Waals surface area contributed by atoms with Crippen molar-refractivity contribution in [3.05, 3.63) is 0 Å². The van der Waals surface area contributed by atoms with Crippen molar-refractivity contribution in [1.82, 2.24) is 15.1 Å². The van der Waals surface area contributed by atoms with E-state index in [1.54, 1.807) is 0 Å². The molecule has 16 heavy (non-hydrogen) atoms. The van der Waals surface area contributed by atoms with Crippen LogP contribution < -0.4 is 11.1 Å². The monoisotopic (exact) mass is 226 g/mol. The fraction of sp³-hybridized carbons (Fsp3) is 0.909. The average Bonchev–Trinajstić information content (AvgIpc) is 2.31. The third-order valence-corrected chi connectivity index (χ3v) is 4.00. The van der Waals surface area contributed by atoms with Gasteiger partial charge in [-0.25, -0.2) is 0 Å². The molecule has 0 spiro atoms. The van der Waals surface area contributed by atoms with Crippen LogP contribution >= 0.6 is 0 Å². The number of nitrogens with zero attached hydrogens (tertiary/aromatic N) is 2. The number of piperazine rings is 1. The Morgan fingerprint density at radius 3 is 2.25 bits per heavy atom. The molecule has 2 heterocycles. The van der Waals surface area contributed by atoms with Crippen LogP contribution in [0, 0.1) is 0 Å². The van der Waals surface area contributed by atoms with Gasteiger partial charge in [-0.05, 0) is 19.9 Å². The SMILES string of the molecule is CN1CCC(C(N)=O)(N2CCNCC2)CC1. The lowest BCUT2D eigenvalue weighted by Crippen LogP contribution is -2.65. The van der Waals surface area contributed by atoms with Crippen LogP contribution in [0.1, 0.15) is 12.8 Å². The van der Waals surface area contributed by atoms with Crippen molar-refractivity contribution < 1.29 is 4.79 Å². The molecule has 0 aromatic rings. The molecule has 0 aliphatic carbocycles. The molecule has 1 amide bonds. The van der Waals surface area contributed by atoms with E-state index >= 15 is 0 Å². The zero-order valence-corrected chi connectivity index (χ0v) is 10.0. The summed E-state index contributed by atoms with van der Waals surface area (Å²) in [6.07, 6.45) is 1.75. The summed E-state index contributed by atoms with van der Waals surface area (Å²) in [5.41, 5.74) is 5.28. The van der Waals surface area contributed by atoms with Crippen LogP contribution in [0.25, 0.3) is 0 Å². The number of likely N-dealkylation sites (tertiary alicyclic amines) is 1. The molecule has 0 aromatic heterocycles. The minimum absolute atomic E-state index is 0.137. The summed E-state index contributed by atoms with van der Waals surface area (Å²) in [6.45, 7) is 5.73. The normalized spacial score (nSPS) is 27.8. The molecule has 0 bridgehead atoms. The van der Waals surface area contributed by atoms with Crippen LogP contribution in [0.5, 0.6) is 0 Å². The van der Waals surface area contributed by atoms with Crippen LogP contribution in [0.3, 0.4) is 0 Å². The third kappa shape index (κ3) is 2.07. The molecule has 5 nitrogen and oxygen atoms in total. The van der Waals surface area contributed by atoms with E-state index in [2.05, 4.69) is 22.2 Å². The second-order valence-electron chi connectivity index (χ2n) is 4.94. The summed E-state index contributed by atoms with van der Waals surface area (Å²) in [5, 5.41) is 3.31. The highest BCUT2D eigenvalue weighted by molar-refractivity contribution is 5.84. The molecule has 92 valence electrons. The maximum Gasteiger partial charge on any atom is 0.238 e. The highest BCUT2D eigenvalue weighted by atomic mass is 16.1. The molecule has 2 aliphatic rings. The first kappa shape index (κ1) is 11.8. The van der Waals surface area contributed by atoms with Gasteiger partial charge < -0.3 is 16.0 Å². The van der Waals surface area contributed by atoms with Gasteiger partial charge in [0.05, 0.1) is 0 Å². The summed E-state index contributed by atoms with van der Waals surface area (Å²) in [5.74, 6) is -0.137. The van der Waals surface area contributed by atoms with Crippen LogP contribution in [-0.2, 0) is 4.79 Å². The lowest BCUT2D eigenvalue weighted by atomic mass is 9.84. The van der Waals surface area contributed by atoms with Gasteiger partial charge in [0.25, 0.3) is 0 Å². The smallest absolute Gasteiger partial charge is 0.238 e. The van der Waals surface area contributed by atoms with Crippen molar-refractivity contribution >= 4 is 5.91 Å². The van der Waals surface area contributed by atoms with Crippen LogP contribution in [0.15, 0.2) is 0 Å². The Bertz CT molecular complexity index is 255. The van der Waals surface area contributed by atoms with Crippen molar-refractivity contribution in [3.8, 4) is 0 Å². The summed E-state index contributed by atoms with van der Waals surface area (Å²) < 4.78 is 0. The van der Waals surface area contributed by atoms with Crippen LogP contribution in [0.4, 0.5) is 0 Å². The number of nitrogens with one attached hydrogen (secondary N) is 1. The Labute approximate surface area is 96.9 Å². The van der Waals surface area contributed by atoms with E-state index in [0.717, 1.165) is 52.1 Å². The predicted octanol–water partition coefficient (Wildman–Crippen LogP) is -1.16. The molecule has 0 radical (unpaired) electrons. The van der Waals surface area contributed by atoms with Crippen LogP contribution in [0.2, 0.25) is 0 Å². The second-order valence-corrected chi connectivity index (χ2v) is 4.94. The van der Waals surface area contributed by atoms with Gasteiger partial charge in [-0.15, -0.1) is 0 Å². The Kier molecular flexibility index (Phi) is 3.47. The van der Waals surface area contributed by atoms with E-state index in [-0.39, 0.29) is 11.4 Å². The number of amides is 1. The van der Waals surface area contributed by atoms with E-state index < -0.39 is 0 Å². The van der Waals surface area contributed by atoms with Gasteiger partial charge >= 0.3 is 0 Å². The fourth-order valence-electron chi connectivity index (χ4n) is 2.80. The molecule has 0 atom stereocenters. The number of rotatable bonds is 2. The number of carbonyl (C=O) groups is 1. The molecule has 2 fully saturated rings. The zero-order chi connectivity index (χ0) is 11.6. The summed E-state index contributed by atoms with van der Waals surface area (Å²) in [7, 11) is 2.10. The summed E-state index contributed by atoms with van der Waals surface area (Å²) in [6, 6.07) is 0. The van der Waals surface area contributed by atoms with Crippen molar-refractivity contribution in [2.45, 2.75) is 18.4 Å². The molecule has 0 unspecified atom stereocenters. The maximum atomic E-state index is 11.8. The van der Waals surface area contributed by atoms with Gasteiger partial charge in [0.2, 0.25) is 5.91 Å². The minimum Gasteiger partial charge on any atom is -0.368 e. The lowest BCUT2D eigenvalue weighted by Gasteiger charge is -2.47. The van der Waals surface area contributed by atoms with Crippen molar-refractivity contribution in [3.63, 3.8) is 0 Å². The molecule has 2 rings (SSSR count). The molecule has 2 aliphatic heterocycles. The number of carbonyl (C=O) groups excluding carboxylic acids is 1. The van der Waals surface area contributed by atoms with Crippen LogP contribution in [-0.4, -0.2) is 67.6 Å². The zero-order valence-electron chi connectivity index (χ0n) is 10.0. The average molecular weight is 226 g/mol. The maximum absolute atomic E-state index is 11.8. The highest BCUT2D eigenvalue weighted by Crippen LogP contribution is 2.28. The van der Waals surface area contributed by atoms with Gasteiger partial charge in [-0.3, -0.25) is 9.69 Å². The molecular weight excluding hydrogens is 204 g/mol. The van der Waals surface area contributed by atoms with Gasteiger partial charge in [-0.1, -0.05) is 0 Å². The largest absolute Gasteiger partial charge is 0.368 e. The number of primary amides is 1. The molecular formula is C11H22N4O. The highest BCUT2D eigenvalue weighted by Gasteiger charge is 2.44. The summed E-state index contributed by atoms with van der Waals surface area (Å²) >= 11 is 0. The quantitative estimate of drug-likeness (QED) is 0.623. The van der Waals surface area contributed by atoms with Gasteiger partial charge in [0, 0.05) is 39.3 Å². The number of hydrogen-bond acceptors (Lipinski definition) is 4. The van der Waals surface area contributed by atoms with Crippen molar-refractivity contribution in [2.75, 3.05) is 46.3 Å². The predicted molar refractivity (Wildman–Crippen MR) is 63.1 cm³/mol. The second kappa shape index (κ2) is 4.69. The minimum atomic E-state index is -0.380. The lowest BCUT2D eigenvalue weighted by molar-refractivity contribution is -0.134. The van der Waals surface area contributed by atoms with E-state index in [0.29, 0.717) is 0 Å². The van der Waals surface area contributed by atoms with E-state index in [1.807, 2.05) is 0 Å². The Balaban J connectivity index is 2.11. The van der Waals surface area contributed by atoms with Gasteiger partial charge in [0.1, 0.15) is 5.54 Å². The number of nitrogens with two attached hydrogens (primary N) is 1. The van der Waals surface area contributed by atoms with E-state index in [1.165, 1.54) is 0 Å². The van der Waals surface area contributed by atoms with Gasteiger partial charge in [0.15, 0.2) is 0 Å². The van der Waals surface area contributed by atoms with E-state index in [9.17, 15) is 4.79 Å². The third-order valence-electron chi connectivity index (χ3n) is 4.00. The van der Waals surface area contributed by atoms with E-state index in [4.69, 9.17) is 5.73 Å². The Hall–Kier alpha value is -0.650. The Morgan fingerprint density at radius 2 is 1.75 bits per heavy atom. The van der Waals surface area contributed by atoms with Crippen molar-refractivity contribution in [1.29, 1.82) is 0 Å². The topological polar surface area (TPSA) is 61.6 Å². The molecule has 2 saturated heterocycles. The molecule has 3 N–H and O–H groups in total. The Morgan fingerprint density at radius 1 is 1.19 bits per heavy atom. The molecule has 0 aromatic carbocycles. The summed E-state index contributed by atoms with van der Waals surface area (Å²) in [4.78, 5) is 16.4.